The third kappa shape index (κ3) is 2.43. The van der Waals surface area contributed by atoms with Gasteiger partial charge in [-0.3, -0.25) is 0 Å². The van der Waals surface area contributed by atoms with Crippen LogP contribution in [0.1, 0.15) is 17.2 Å². The lowest BCUT2D eigenvalue weighted by Gasteiger charge is -1.88. The molecular weight excluding hydrogens is 210 g/mol. The van der Waals surface area contributed by atoms with E-state index in [0.29, 0.717) is 18.3 Å². The van der Waals surface area contributed by atoms with Gasteiger partial charge in [-0.25, -0.2) is 0 Å². The molecular formula is C10H13N3OS. The van der Waals surface area contributed by atoms with Crippen LogP contribution in [0, 0.1) is 6.92 Å². The summed E-state index contributed by atoms with van der Waals surface area (Å²) in [5.41, 5.74) is 5.41. The molecule has 0 fully saturated rings. The molecule has 0 atom stereocenters. The summed E-state index contributed by atoms with van der Waals surface area (Å²) in [6.45, 7) is 2.71. The van der Waals surface area contributed by atoms with Gasteiger partial charge in [-0.1, -0.05) is 5.16 Å². The maximum Gasteiger partial charge on any atom is 0.227 e. The summed E-state index contributed by atoms with van der Waals surface area (Å²) in [6, 6.07) is 4.06. The molecule has 2 N–H and O–H groups in total. The normalized spacial score (nSPS) is 10.8. The number of nitrogens with two attached hydrogens (primary N) is 1. The highest BCUT2D eigenvalue weighted by molar-refractivity contribution is 7.15. The SMILES string of the molecule is Cc1ccc(-c2noc(CCCN)n2)s1. The molecule has 0 unspecified atom stereocenters. The first kappa shape index (κ1) is 10.3. The number of thiophene rings is 1. The largest absolute Gasteiger partial charge is 0.339 e. The molecule has 0 spiro atoms. The summed E-state index contributed by atoms with van der Waals surface area (Å²) in [5.74, 6) is 1.35. The Morgan fingerprint density at radius 3 is 3.00 bits per heavy atom. The van der Waals surface area contributed by atoms with E-state index in [1.54, 1.807) is 11.3 Å². The van der Waals surface area contributed by atoms with Gasteiger partial charge in [0.1, 0.15) is 0 Å². The molecule has 15 heavy (non-hydrogen) atoms. The van der Waals surface area contributed by atoms with Gasteiger partial charge in [0, 0.05) is 11.3 Å². The van der Waals surface area contributed by atoms with Crippen molar-refractivity contribution in [1.29, 1.82) is 0 Å². The minimum atomic E-state index is 0.649. The number of hydrogen-bond acceptors (Lipinski definition) is 5. The predicted octanol–water partition coefficient (Wildman–Crippen LogP) is 2.00. The molecule has 5 heteroatoms. The Labute approximate surface area is 92.1 Å². The van der Waals surface area contributed by atoms with Crippen molar-refractivity contribution in [2.45, 2.75) is 19.8 Å². The van der Waals surface area contributed by atoms with Crippen molar-refractivity contribution >= 4 is 11.3 Å². The summed E-state index contributed by atoms with van der Waals surface area (Å²) in [4.78, 5) is 6.61. The van der Waals surface area contributed by atoms with Gasteiger partial charge in [-0.15, -0.1) is 11.3 Å². The van der Waals surface area contributed by atoms with Gasteiger partial charge < -0.3 is 10.3 Å². The first-order valence-electron chi connectivity index (χ1n) is 4.89. The lowest BCUT2D eigenvalue weighted by atomic mass is 10.3. The molecule has 2 rings (SSSR count). The Bertz CT molecular complexity index is 435. The Balaban J connectivity index is 2.13. The molecule has 0 aromatic carbocycles. The molecule has 2 aromatic rings. The molecule has 0 radical (unpaired) electrons. The van der Waals surface area contributed by atoms with Crippen molar-refractivity contribution in [1.82, 2.24) is 10.1 Å². The van der Waals surface area contributed by atoms with Gasteiger partial charge >= 0.3 is 0 Å². The first-order valence-corrected chi connectivity index (χ1v) is 5.70. The van der Waals surface area contributed by atoms with Crippen LogP contribution in [0.4, 0.5) is 0 Å². The maximum absolute atomic E-state index is 5.41. The quantitative estimate of drug-likeness (QED) is 0.861. The molecule has 80 valence electrons. The molecule has 4 nitrogen and oxygen atoms in total. The summed E-state index contributed by atoms with van der Waals surface area (Å²) in [7, 11) is 0. The van der Waals surface area contributed by atoms with Crippen LogP contribution in [0.15, 0.2) is 16.7 Å². The van der Waals surface area contributed by atoms with E-state index in [-0.39, 0.29) is 0 Å². The van der Waals surface area contributed by atoms with Crippen LogP contribution >= 0.6 is 11.3 Å². The fourth-order valence-corrected chi connectivity index (χ4v) is 2.06. The highest BCUT2D eigenvalue weighted by atomic mass is 32.1. The highest BCUT2D eigenvalue weighted by Gasteiger charge is 2.09. The molecule has 2 heterocycles. The highest BCUT2D eigenvalue weighted by Crippen LogP contribution is 2.25. The molecule has 0 aliphatic heterocycles. The minimum Gasteiger partial charge on any atom is -0.339 e. The third-order valence-corrected chi connectivity index (χ3v) is 3.02. The molecule has 0 bridgehead atoms. The van der Waals surface area contributed by atoms with Crippen LogP contribution < -0.4 is 5.73 Å². The molecule has 0 amide bonds. The number of nitrogens with zero attached hydrogens (tertiary/aromatic N) is 2. The second kappa shape index (κ2) is 4.55. The molecule has 0 aliphatic rings. The van der Waals surface area contributed by atoms with Crippen molar-refractivity contribution in [3.8, 4) is 10.7 Å². The zero-order valence-corrected chi connectivity index (χ0v) is 9.38. The van der Waals surface area contributed by atoms with Crippen LogP contribution in [0.5, 0.6) is 0 Å². The van der Waals surface area contributed by atoms with Gasteiger partial charge in [-0.05, 0) is 32.0 Å². The van der Waals surface area contributed by atoms with E-state index in [0.717, 1.165) is 17.7 Å². The summed E-state index contributed by atoms with van der Waals surface area (Å²) in [5, 5.41) is 3.94. The monoisotopic (exact) mass is 223 g/mol. The average Bonchev–Trinajstić information content (AvgIpc) is 2.83. The Morgan fingerprint density at radius 2 is 2.33 bits per heavy atom. The fraction of sp³-hybridized carbons (Fsp3) is 0.400. The van der Waals surface area contributed by atoms with Crippen LogP contribution in [0.2, 0.25) is 0 Å². The van der Waals surface area contributed by atoms with Crippen molar-refractivity contribution in [3.63, 3.8) is 0 Å². The van der Waals surface area contributed by atoms with Crippen molar-refractivity contribution in [2.75, 3.05) is 6.54 Å². The number of hydrogen-bond donors (Lipinski definition) is 1. The second-order valence-electron chi connectivity index (χ2n) is 3.31. The van der Waals surface area contributed by atoms with Gasteiger partial charge in [0.05, 0.1) is 4.88 Å². The van der Waals surface area contributed by atoms with Crippen LogP contribution in [0.3, 0.4) is 0 Å². The smallest absolute Gasteiger partial charge is 0.227 e. The molecule has 0 saturated heterocycles. The Morgan fingerprint density at radius 1 is 1.47 bits per heavy atom. The molecule has 0 saturated carbocycles. The van der Waals surface area contributed by atoms with Crippen molar-refractivity contribution in [3.05, 3.63) is 22.9 Å². The van der Waals surface area contributed by atoms with E-state index >= 15 is 0 Å². The zero-order valence-electron chi connectivity index (χ0n) is 8.56. The standard InChI is InChI=1S/C10H13N3OS/c1-7-4-5-8(15-7)10-12-9(14-13-10)3-2-6-11/h4-5H,2-3,6,11H2,1H3. The minimum absolute atomic E-state index is 0.649. The van der Waals surface area contributed by atoms with Gasteiger partial charge in [0.2, 0.25) is 11.7 Å². The van der Waals surface area contributed by atoms with Crippen LogP contribution in [0.25, 0.3) is 10.7 Å². The summed E-state index contributed by atoms with van der Waals surface area (Å²) < 4.78 is 5.12. The predicted molar refractivity (Wildman–Crippen MR) is 59.7 cm³/mol. The lowest BCUT2D eigenvalue weighted by Crippen LogP contribution is -2.00. The van der Waals surface area contributed by atoms with E-state index in [9.17, 15) is 0 Å². The summed E-state index contributed by atoms with van der Waals surface area (Å²) in [6.07, 6.45) is 1.64. The van der Waals surface area contributed by atoms with Gasteiger partial charge in [0.25, 0.3) is 0 Å². The maximum atomic E-state index is 5.41. The first-order chi connectivity index (χ1) is 7.29. The van der Waals surface area contributed by atoms with E-state index < -0.39 is 0 Å². The number of rotatable bonds is 4. The number of aryl methyl sites for hydroxylation is 2. The van der Waals surface area contributed by atoms with E-state index in [4.69, 9.17) is 10.3 Å². The molecule has 2 aromatic heterocycles. The van der Waals surface area contributed by atoms with E-state index in [1.165, 1.54) is 4.88 Å². The summed E-state index contributed by atoms with van der Waals surface area (Å²) >= 11 is 1.67. The van der Waals surface area contributed by atoms with Gasteiger partial charge in [0.15, 0.2) is 0 Å². The average molecular weight is 223 g/mol. The third-order valence-electron chi connectivity index (χ3n) is 2.02. The lowest BCUT2D eigenvalue weighted by molar-refractivity contribution is 0.377. The topological polar surface area (TPSA) is 64.9 Å². The fourth-order valence-electron chi connectivity index (χ4n) is 1.26. The Hall–Kier alpha value is -1.20. The Kier molecular flexibility index (Phi) is 3.13. The van der Waals surface area contributed by atoms with Crippen molar-refractivity contribution < 1.29 is 4.52 Å². The zero-order chi connectivity index (χ0) is 10.7. The van der Waals surface area contributed by atoms with E-state index in [2.05, 4.69) is 23.1 Å². The van der Waals surface area contributed by atoms with E-state index in [1.807, 2.05) is 6.07 Å². The van der Waals surface area contributed by atoms with Crippen LogP contribution in [-0.2, 0) is 6.42 Å². The van der Waals surface area contributed by atoms with Crippen molar-refractivity contribution in [2.24, 2.45) is 5.73 Å². The van der Waals surface area contributed by atoms with Gasteiger partial charge in [-0.2, -0.15) is 4.98 Å². The van der Waals surface area contributed by atoms with Crippen LogP contribution in [-0.4, -0.2) is 16.7 Å². The molecule has 0 aliphatic carbocycles. The number of aromatic nitrogens is 2. The second-order valence-corrected chi connectivity index (χ2v) is 4.60.